The average molecular weight is 443 g/mol. The lowest BCUT2D eigenvalue weighted by Gasteiger charge is -2.34. The molecule has 1 saturated heterocycles. The van der Waals surface area contributed by atoms with Crippen molar-refractivity contribution in [3.63, 3.8) is 0 Å². The summed E-state index contributed by atoms with van der Waals surface area (Å²) < 4.78 is 42.3. The van der Waals surface area contributed by atoms with E-state index in [1.165, 1.54) is 33.3 Å². The molecule has 1 aliphatic rings. The van der Waals surface area contributed by atoms with E-state index in [4.69, 9.17) is 0 Å². The Kier molecular flexibility index (Phi) is 5.63. The normalized spacial score (nSPS) is 15.3. The number of rotatable bonds is 4. The third kappa shape index (κ3) is 4.11. The van der Waals surface area contributed by atoms with E-state index in [-0.39, 0.29) is 23.5 Å². The number of sulfonamides is 1. The lowest BCUT2D eigenvalue weighted by atomic mass is 10.1. The third-order valence-electron chi connectivity index (χ3n) is 5.54. The van der Waals surface area contributed by atoms with E-state index < -0.39 is 15.8 Å². The Morgan fingerprint density at radius 3 is 2.29 bits per heavy atom. The van der Waals surface area contributed by atoms with E-state index in [1.807, 2.05) is 36.9 Å². The molecule has 0 saturated carbocycles. The summed E-state index contributed by atoms with van der Waals surface area (Å²) in [6.45, 7) is 5.13. The van der Waals surface area contributed by atoms with Crippen molar-refractivity contribution in [2.75, 3.05) is 31.1 Å². The lowest BCUT2D eigenvalue weighted by Crippen LogP contribution is -2.49. The number of hydrogen-bond acceptors (Lipinski definition) is 5. The van der Waals surface area contributed by atoms with E-state index >= 15 is 0 Å². The van der Waals surface area contributed by atoms with Gasteiger partial charge in [0, 0.05) is 32.2 Å². The summed E-state index contributed by atoms with van der Waals surface area (Å²) in [6.07, 6.45) is 0. The van der Waals surface area contributed by atoms with E-state index in [9.17, 15) is 17.6 Å². The maximum atomic E-state index is 14.0. The number of halogens is 1. The molecular formula is C22H23FN4O3S. The van der Waals surface area contributed by atoms with E-state index in [1.54, 1.807) is 6.07 Å². The van der Waals surface area contributed by atoms with E-state index in [0.717, 1.165) is 17.2 Å². The molecule has 0 amide bonds. The fourth-order valence-electron chi connectivity index (χ4n) is 3.56. The summed E-state index contributed by atoms with van der Waals surface area (Å²) in [6, 6.07) is 14.2. The van der Waals surface area contributed by atoms with Gasteiger partial charge in [-0.2, -0.15) is 8.99 Å². The highest BCUT2D eigenvalue weighted by Gasteiger charge is 2.31. The summed E-state index contributed by atoms with van der Waals surface area (Å²) >= 11 is 0. The molecule has 2 aromatic carbocycles. The van der Waals surface area contributed by atoms with Gasteiger partial charge in [-0.3, -0.25) is 4.79 Å². The highest BCUT2D eigenvalue weighted by Crippen LogP contribution is 2.22. The van der Waals surface area contributed by atoms with Crippen LogP contribution < -0.4 is 10.5 Å². The smallest absolute Gasteiger partial charge is 0.271 e. The Morgan fingerprint density at radius 1 is 0.903 bits per heavy atom. The van der Waals surface area contributed by atoms with Crippen molar-refractivity contribution >= 4 is 15.8 Å². The van der Waals surface area contributed by atoms with Crippen molar-refractivity contribution in [1.82, 2.24) is 14.1 Å². The van der Waals surface area contributed by atoms with Crippen LogP contribution in [0.5, 0.6) is 0 Å². The van der Waals surface area contributed by atoms with Crippen molar-refractivity contribution in [2.24, 2.45) is 0 Å². The van der Waals surface area contributed by atoms with Crippen LogP contribution in [0.2, 0.25) is 0 Å². The summed E-state index contributed by atoms with van der Waals surface area (Å²) in [5, 5.41) is 4.50. The van der Waals surface area contributed by atoms with Gasteiger partial charge in [0.05, 0.1) is 5.69 Å². The van der Waals surface area contributed by atoms with Gasteiger partial charge in [0.15, 0.2) is 0 Å². The molecular weight excluding hydrogens is 419 g/mol. The molecule has 7 nitrogen and oxygen atoms in total. The van der Waals surface area contributed by atoms with Gasteiger partial charge in [0.25, 0.3) is 5.56 Å². The van der Waals surface area contributed by atoms with Crippen LogP contribution in [-0.4, -0.2) is 48.7 Å². The molecule has 0 spiro atoms. The van der Waals surface area contributed by atoms with Gasteiger partial charge in [-0.1, -0.05) is 18.2 Å². The molecule has 1 aliphatic heterocycles. The number of aryl methyl sites for hydroxylation is 2. The molecule has 4 rings (SSSR count). The molecule has 0 unspecified atom stereocenters. The molecule has 1 fully saturated rings. The first-order valence-electron chi connectivity index (χ1n) is 9.95. The second kappa shape index (κ2) is 8.24. The summed E-state index contributed by atoms with van der Waals surface area (Å²) in [4.78, 5) is 14.0. The van der Waals surface area contributed by atoms with Gasteiger partial charge >= 0.3 is 0 Å². The second-order valence-electron chi connectivity index (χ2n) is 7.53. The standard InChI is InChI=1S/C22H23FN4O3S/c1-16-7-8-18(15-17(16)2)27-22(28)10-9-21(24-27)25-11-13-26(14-12-25)31(29,30)20-6-4-3-5-19(20)23/h3-10,15H,11-14H2,1-2H3. The minimum atomic E-state index is -3.91. The number of benzene rings is 2. The first-order valence-corrected chi connectivity index (χ1v) is 11.4. The van der Waals surface area contributed by atoms with Crippen LogP contribution in [0, 0.1) is 19.7 Å². The highest BCUT2D eigenvalue weighted by molar-refractivity contribution is 7.89. The molecule has 1 aromatic heterocycles. The van der Waals surface area contributed by atoms with Crippen LogP contribution in [-0.2, 0) is 10.0 Å². The van der Waals surface area contributed by atoms with Crippen LogP contribution in [0.15, 0.2) is 64.3 Å². The Balaban J connectivity index is 1.55. The molecule has 9 heteroatoms. The van der Waals surface area contributed by atoms with Crippen molar-refractivity contribution < 1.29 is 12.8 Å². The van der Waals surface area contributed by atoms with E-state index in [0.29, 0.717) is 24.6 Å². The van der Waals surface area contributed by atoms with Crippen molar-refractivity contribution in [3.05, 3.63) is 81.9 Å². The summed E-state index contributed by atoms with van der Waals surface area (Å²) in [5.41, 5.74) is 2.62. The average Bonchev–Trinajstić information content (AvgIpc) is 2.76. The zero-order valence-corrected chi connectivity index (χ0v) is 18.1. The van der Waals surface area contributed by atoms with Crippen LogP contribution >= 0.6 is 0 Å². The second-order valence-corrected chi connectivity index (χ2v) is 9.44. The number of hydrogen-bond donors (Lipinski definition) is 0. The first-order chi connectivity index (χ1) is 14.8. The molecule has 2 heterocycles. The minimum absolute atomic E-state index is 0.196. The molecule has 162 valence electrons. The fraction of sp³-hybridized carbons (Fsp3) is 0.273. The Morgan fingerprint density at radius 2 is 1.61 bits per heavy atom. The Bertz CT molecular complexity index is 1280. The molecule has 0 bridgehead atoms. The van der Waals surface area contributed by atoms with Crippen LogP contribution in [0.4, 0.5) is 10.2 Å². The molecule has 0 aliphatic carbocycles. The fourth-order valence-corrected chi connectivity index (χ4v) is 5.05. The summed E-state index contributed by atoms with van der Waals surface area (Å²) in [5.74, 6) is -0.173. The Labute approximate surface area is 180 Å². The Hall–Kier alpha value is -3.04. The number of piperazine rings is 1. The number of nitrogens with zero attached hydrogens (tertiary/aromatic N) is 4. The first kappa shape index (κ1) is 21.2. The van der Waals surface area contributed by atoms with Gasteiger partial charge in [0.1, 0.15) is 16.5 Å². The predicted molar refractivity (Wildman–Crippen MR) is 117 cm³/mol. The quantitative estimate of drug-likeness (QED) is 0.621. The predicted octanol–water partition coefficient (Wildman–Crippen LogP) is 2.50. The van der Waals surface area contributed by atoms with Crippen LogP contribution in [0.1, 0.15) is 11.1 Å². The molecule has 31 heavy (non-hydrogen) atoms. The van der Waals surface area contributed by atoms with Crippen molar-refractivity contribution in [2.45, 2.75) is 18.7 Å². The molecule has 3 aromatic rings. The third-order valence-corrected chi connectivity index (χ3v) is 7.47. The van der Waals surface area contributed by atoms with Crippen molar-refractivity contribution in [3.8, 4) is 5.69 Å². The summed E-state index contributed by atoms with van der Waals surface area (Å²) in [7, 11) is -3.91. The van der Waals surface area contributed by atoms with Gasteiger partial charge < -0.3 is 4.90 Å². The number of anilines is 1. The van der Waals surface area contributed by atoms with Gasteiger partial charge in [-0.25, -0.2) is 12.8 Å². The van der Waals surface area contributed by atoms with Crippen LogP contribution in [0.25, 0.3) is 5.69 Å². The van der Waals surface area contributed by atoms with E-state index in [2.05, 4.69) is 5.10 Å². The van der Waals surface area contributed by atoms with Gasteiger partial charge in [-0.15, -0.1) is 5.10 Å². The highest BCUT2D eigenvalue weighted by atomic mass is 32.2. The minimum Gasteiger partial charge on any atom is -0.353 e. The van der Waals surface area contributed by atoms with Crippen molar-refractivity contribution in [1.29, 1.82) is 0 Å². The zero-order chi connectivity index (χ0) is 22.2. The molecule has 0 atom stereocenters. The molecule has 0 radical (unpaired) electrons. The largest absolute Gasteiger partial charge is 0.353 e. The number of aromatic nitrogens is 2. The monoisotopic (exact) mass is 442 g/mol. The van der Waals surface area contributed by atoms with Crippen LogP contribution in [0.3, 0.4) is 0 Å². The maximum Gasteiger partial charge on any atom is 0.271 e. The lowest BCUT2D eigenvalue weighted by molar-refractivity contribution is 0.380. The maximum absolute atomic E-state index is 14.0. The molecule has 0 N–H and O–H groups in total. The SMILES string of the molecule is Cc1ccc(-n2nc(N3CCN(S(=O)(=O)c4ccccc4F)CC3)ccc2=O)cc1C. The zero-order valence-electron chi connectivity index (χ0n) is 17.3. The topological polar surface area (TPSA) is 75.5 Å². The van der Waals surface area contributed by atoms with Gasteiger partial charge in [0.2, 0.25) is 10.0 Å². The van der Waals surface area contributed by atoms with Gasteiger partial charge in [-0.05, 0) is 55.3 Å².